The van der Waals surface area contributed by atoms with Crippen molar-refractivity contribution in [3.63, 3.8) is 0 Å². The fourth-order valence-corrected chi connectivity index (χ4v) is 3.15. The largest absolute Gasteiger partial charge is 0.495 e. The molecular weight excluding hydrogens is 336 g/mol. The minimum Gasteiger partial charge on any atom is -0.495 e. The molecule has 0 radical (unpaired) electrons. The summed E-state index contributed by atoms with van der Waals surface area (Å²) < 4.78 is 5.16. The Morgan fingerprint density at radius 1 is 1.16 bits per heavy atom. The normalized spacial score (nSPS) is 13.9. The zero-order chi connectivity index (χ0) is 17.5. The number of benzene rings is 1. The molecule has 1 aliphatic carbocycles. The second kappa shape index (κ2) is 8.72. The van der Waals surface area contributed by atoms with E-state index in [-0.39, 0.29) is 0 Å². The average molecular weight is 359 g/mol. The minimum atomic E-state index is 0.556. The zero-order valence-corrected chi connectivity index (χ0v) is 15.1. The molecule has 3 rings (SSSR count). The monoisotopic (exact) mass is 358 g/mol. The van der Waals surface area contributed by atoms with E-state index in [1.807, 2.05) is 24.3 Å². The number of nitrogens with one attached hydrogen (secondary N) is 2. The first-order chi connectivity index (χ1) is 12.2. The third-order valence-electron chi connectivity index (χ3n) is 4.23. The van der Waals surface area contributed by atoms with Gasteiger partial charge in [0.1, 0.15) is 23.7 Å². The van der Waals surface area contributed by atoms with Crippen LogP contribution in [0.4, 0.5) is 17.3 Å². The van der Waals surface area contributed by atoms with Crippen LogP contribution < -0.4 is 15.4 Å². The minimum absolute atomic E-state index is 0.556. The van der Waals surface area contributed by atoms with Crippen molar-refractivity contribution in [2.45, 2.75) is 32.1 Å². The quantitative estimate of drug-likeness (QED) is 0.667. The van der Waals surface area contributed by atoms with Gasteiger partial charge in [-0.2, -0.15) is 0 Å². The summed E-state index contributed by atoms with van der Waals surface area (Å²) in [4.78, 5) is 8.54. The number of hydrogen-bond acceptors (Lipinski definition) is 5. The van der Waals surface area contributed by atoms with E-state index in [0.29, 0.717) is 10.8 Å². The average Bonchev–Trinajstić information content (AvgIpc) is 2.63. The maximum absolute atomic E-state index is 6.15. The lowest BCUT2D eigenvalue weighted by atomic mass is 9.97. The van der Waals surface area contributed by atoms with Crippen LogP contribution in [0, 0.1) is 0 Å². The van der Waals surface area contributed by atoms with Gasteiger partial charge in [0.05, 0.1) is 12.1 Å². The summed E-state index contributed by atoms with van der Waals surface area (Å²) >= 11 is 6.15. The van der Waals surface area contributed by atoms with Crippen LogP contribution >= 0.6 is 11.6 Å². The van der Waals surface area contributed by atoms with E-state index in [1.54, 1.807) is 19.0 Å². The molecule has 0 fully saturated rings. The predicted molar refractivity (Wildman–Crippen MR) is 103 cm³/mol. The molecule has 1 heterocycles. The summed E-state index contributed by atoms with van der Waals surface area (Å²) in [5.41, 5.74) is 2.40. The van der Waals surface area contributed by atoms with Gasteiger partial charge >= 0.3 is 0 Å². The molecule has 0 unspecified atom stereocenters. The Labute approximate surface area is 153 Å². The number of aromatic nitrogens is 2. The maximum Gasteiger partial charge on any atom is 0.137 e. The van der Waals surface area contributed by atoms with Gasteiger partial charge in [-0.05, 0) is 50.3 Å². The standard InChI is InChI=1S/C19H23ClN4O/c1-25-17-8-7-15(11-16(17)20)24-19-12-18(22-13-23-19)21-10-9-14-5-3-2-4-6-14/h5,7-8,11-13H,2-4,6,9-10H2,1H3,(H2,21,22,23,24). The summed E-state index contributed by atoms with van der Waals surface area (Å²) in [5, 5.41) is 7.16. The Morgan fingerprint density at radius 2 is 2.04 bits per heavy atom. The Balaban J connectivity index is 1.57. The molecule has 0 spiro atoms. The molecule has 0 atom stereocenters. The van der Waals surface area contributed by atoms with Crippen LogP contribution in [0.5, 0.6) is 5.75 Å². The number of allylic oxidation sites excluding steroid dienone is 1. The summed E-state index contributed by atoms with van der Waals surface area (Å²) in [6, 6.07) is 7.43. The van der Waals surface area contributed by atoms with Gasteiger partial charge in [0, 0.05) is 18.3 Å². The fraction of sp³-hybridized carbons (Fsp3) is 0.368. The predicted octanol–water partition coefficient (Wildman–Crippen LogP) is 5.18. The number of anilines is 3. The lowest BCUT2D eigenvalue weighted by Gasteiger charge is -2.13. The highest BCUT2D eigenvalue weighted by molar-refractivity contribution is 6.32. The van der Waals surface area contributed by atoms with Crippen molar-refractivity contribution in [1.82, 2.24) is 9.97 Å². The van der Waals surface area contributed by atoms with Crippen molar-refractivity contribution in [1.29, 1.82) is 0 Å². The summed E-state index contributed by atoms with van der Waals surface area (Å²) in [6.45, 7) is 0.886. The summed E-state index contributed by atoms with van der Waals surface area (Å²) in [5.74, 6) is 2.18. The van der Waals surface area contributed by atoms with Gasteiger partial charge in [0.2, 0.25) is 0 Å². The van der Waals surface area contributed by atoms with E-state index in [9.17, 15) is 0 Å². The lowest BCUT2D eigenvalue weighted by Crippen LogP contribution is -2.06. The van der Waals surface area contributed by atoms with Crippen LogP contribution in [0.15, 0.2) is 42.2 Å². The Bertz CT molecular complexity index is 748. The van der Waals surface area contributed by atoms with Crippen molar-refractivity contribution in [2.75, 3.05) is 24.3 Å². The molecular formula is C19H23ClN4O. The van der Waals surface area contributed by atoms with Crippen molar-refractivity contribution >= 4 is 28.9 Å². The highest BCUT2D eigenvalue weighted by atomic mass is 35.5. The first kappa shape index (κ1) is 17.5. The number of nitrogens with zero attached hydrogens (tertiary/aromatic N) is 2. The number of methoxy groups -OCH3 is 1. The van der Waals surface area contributed by atoms with Crippen molar-refractivity contribution < 1.29 is 4.74 Å². The number of hydrogen-bond donors (Lipinski definition) is 2. The van der Waals surface area contributed by atoms with Crippen molar-refractivity contribution in [3.8, 4) is 5.75 Å². The third kappa shape index (κ3) is 5.10. The number of halogens is 1. The Hall–Kier alpha value is -2.27. The van der Waals surface area contributed by atoms with Crippen LogP contribution in [0.25, 0.3) is 0 Å². The molecule has 6 heteroatoms. The summed E-state index contributed by atoms with van der Waals surface area (Å²) in [6.07, 6.45) is 10.1. The molecule has 0 saturated heterocycles. The van der Waals surface area contributed by atoms with E-state index in [0.717, 1.165) is 30.3 Å². The number of ether oxygens (including phenoxy) is 1. The molecule has 0 aliphatic heterocycles. The van der Waals surface area contributed by atoms with Crippen LogP contribution in [-0.4, -0.2) is 23.6 Å². The van der Waals surface area contributed by atoms with Gasteiger partial charge in [-0.1, -0.05) is 23.3 Å². The highest BCUT2D eigenvalue weighted by Crippen LogP contribution is 2.28. The van der Waals surface area contributed by atoms with E-state index in [4.69, 9.17) is 16.3 Å². The highest BCUT2D eigenvalue weighted by Gasteiger charge is 2.05. The molecule has 2 aromatic rings. The van der Waals surface area contributed by atoms with Crippen LogP contribution in [-0.2, 0) is 0 Å². The Kier molecular flexibility index (Phi) is 6.12. The molecule has 25 heavy (non-hydrogen) atoms. The van der Waals surface area contributed by atoms with Gasteiger partial charge in [-0.25, -0.2) is 9.97 Å². The number of rotatable bonds is 7. The topological polar surface area (TPSA) is 59.1 Å². The van der Waals surface area contributed by atoms with E-state index in [1.165, 1.54) is 25.7 Å². The molecule has 1 aliphatic rings. The first-order valence-electron chi connectivity index (χ1n) is 8.59. The maximum atomic E-state index is 6.15. The van der Waals surface area contributed by atoms with Gasteiger partial charge in [0.15, 0.2) is 0 Å². The molecule has 2 N–H and O–H groups in total. The SMILES string of the molecule is COc1ccc(Nc2cc(NCCC3=CCCCC3)ncn2)cc1Cl. The van der Waals surface area contributed by atoms with Crippen LogP contribution in [0.1, 0.15) is 32.1 Å². The molecule has 132 valence electrons. The molecule has 1 aromatic heterocycles. The summed E-state index contributed by atoms with van der Waals surface area (Å²) in [7, 11) is 1.60. The third-order valence-corrected chi connectivity index (χ3v) is 4.52. The lowest BCUT2D eigenvalue weighted by molar-refractivity contribution is 0.415. The van der Waals surface area contributed by atoms with Gasteiger partial charge in [0.25, 0.3) is 0 Å². The van der Waals surface area contributed by atoms with E-state index < -0.39 is 0 Å². The van der Waals surface area contributed by atoms with Gasteiger partial charge < -0.3 is 15.4 Å². The Morgan fingerprint density at radius 3 is 2.80 bits per heavy atom. The van der Waals surface area contributed by atoms with Crippen LogP contribution in [0.3, 0.4) is 0 Å². The molecule has 0 saturated carbocycles. The van der Waals surface area contributed by atoms with Gasteiger partial charge in [-0.15, -0.1) is 0 Å². The van der Waals surface area contributed by atoms with Crippen molar-refractivity contribution in [2.24, 2.45) is 0 Å². The molecule has 5 nitrogen and oxygen atoms in total. The molecule has 0 amide bonds. The second-order valence-electron chi connectivity index (χ2n) is 6.05. The first-order valence-corrected chi connectivity index (χ1v) is 8.97. The van der Waals surface area contributed by atoms with E-state index in [2.05, 4.69) is 26.7 Å². The van der Waals surface area contributed by atoms with Crippen LogP contribution in [0.2, 0.25) is 5.02 Å². The van der Waals surface area contributed by atoms with Crippen molar-refractivity contribution in [3.05, 3.63) is 47.3 Å². The molecule has 0 bridgehead atoms. The second-order valence-corrected chi connectivity index (χ2v) is 6.45. The smallest absolute Gasteiger partial charge is 0.137 e. The van der Waals surface area contributed by atoms with Gasteiger partial charge in [-0.3, -0.25) is 0 Å². The molecule has 1 aromatic carbocycles. The zero-order valence-electron chi connectivity index (χ0n) is 14.4. The van der Waals surface area contributed by atoms with E-state index >= 15 is 0 Å². The fourth-order valence-electron chi connectivity index (χ4n) is 2.90.